The molecule has 0 aromatic carbocycles. The summed E-state index contributed by atoms with van der Waals surface area (Å²) in [5, 5.41) is 10.6. The molecular weight excluding hydrogens is 1260 g/mol. The first-order chi connectivity index (χ1) is 46.7. The van der Waals surface area contributed by atoms with Crippen LogP contribution in [-0.2, 0) is 65.4 Å². The number of rotatable bonds is 78. The first-order valence-corrected chi connectivity index (χ1v) is 43.3. The van der Waals surface area contributed by atoms with E-state index in [1.165, 1.54) is 244 Å². The highest BCUT2D eigenvalue weighted by molar-refractivity contribution is 7.47. The van der Waals surface area contributed by atoms with Crippen LogP contribution in [0.5, 0.6) is 0 Å². The lowest BCUT2D eigenvalue weighted by Gasteiger charge is -2.21. The van der Waals surface area contributed by atoms with Gasteiger partial charge in [-0.15, -0.1) is 0 Å². The van der Waals surface area contributed by atoms with E-state index < -0.39 is 97.5 Å². The molecule has 96 heavy (non-hydrogen) atoms. The van der Waals surface area contributed by atoms with Crippen molar-refractivity contribution in [3.63, 3.8) is 0 Å². The summed E-state index contributed by atoms with van der Waals surface area (Å²) in [4.78, 5) is 72.9. The largest absolute Gasteiger partial charge is 0.472 e. The molecule has 0 aromatic heterocycles. The highest BCUT2D eigenvalue weighted by atomic mass is 31.2. The Bertz CT molecular complexity index is 1830. The van der Waals surface area contributed by atoms with Gasteiger partial charge in [-0.25, -0.2) is 9.13 Å². The molecule has 0 spiro atoms. The fraction of sp³-hybridized carbons (Fsp3) is 0.948. The second-order valence-corrected chi connectivity index (χ2v) is 30.7. The lowest BCUT2D eigenvalue weighted by molar-refractivity contribution is -0.161. The number of aliphatic hydroxyl groups excluding tert-OH is 1. The molecule has 0 aromatic rings. The monoisotopic (exact) mass is 1410 g/mol. The molecule has 19 heteroatoms. The number of carbonyl (C=O) groups is 4. The van der Waals surface area contributed by atoms with Gasteiger partial charge in [-0.3, -0.25) is 37.3 Å². The molecule has 0 amide bonds. The summed E-state index contributed by atoms with van der Waals surface area (Å²) in [6, 6.07) is 0. The Labute approximate surface area is 588 Å². The number of phosphoric acid groups is 2. The zero-order valence-electron chi connectivity index (χ0n) is 62.4. The Morgan fingerprint density at radius 2 is 0.417 bits per heavy atom. The lowest BCUT2D eigenvalue weighted by atomic mass is 10.0. The van der Waals surface area contributed by atoms with Crippen molar-refractivity contribution in [3.05, 3.63) is 0 Å². The van der Waals surface area contributed by atoms with Crippen molar-refractivity contribution in [1.29, 1.82) is 0 Å². The smallest absolute Gasteiger partial charge is 0.462 e. The van der Waals surface area contributed by atoms with Gasteiger partial charge in [0.25, 0.3) is 0 Å². The third-order valence-corrected chi connectivity index (χ3v) is 20.0. The molecule has 0 radical (unpaired) electrons. The molecule has 17 nitrogen and oxygen atoms in total. The molecule has 0 aliphatic carbocycles. The molecule has 0 bridgehead atoms. The predicted molar refractivity (Wildman–Crippen MR) is 391 cm³/mol. The summed E-state index contributed by atoms with van der Waals surface area (Å²) in [6.07, 6.45) is 62.1. The van der Waals surface area contributed by atoms with Gasteiger partial charge in [0.2, 0.25) is 0 Å². The molecule has 0 saturated carbocycles. The van der Waals surface area contributed by atoms with Gasteiger partial charge in [-0.05, 0) is 25.7 Å². The fourth-order valence-corrected chi connectivity index (χ4v) is 13.5. The third kappa shape index (κ3) is 70.5. The summed E-state index contributed by atoms with van der Waals surface area (Å²) in [5.41, 5.74) is 0. The minimum absolute atomic E-state index is 0.109. The second kappa shape index (κ2) is 71.5. The van der Waals surface area contributed by atoms with Crippen LogP contribution < -0.4 is 0 Å². The normalized spacial score (nSPS) is 13.9. The van der Waals surface area contributed by atoms with Crippen LogP contribution in [-0.4, -0.2) is 96.7 Å². The minimum atomic E-state index is -4.96. The van der Waals surface area contributed by atoms with Crippen molar-refractivity contribution < 1.29 is 80.2 Å². The molecule has 0 aliphatic heterocycles. The zero-order chi connectivity index (χ0) is 70.4. The number of esters is 4. The Balaban J connectivity index is 5.26. The number of phosphoric ester groups is 2. The van der Waals surface area contributed by atoms with Crippen molar-refractivity contribution in [1.82, 2.24) is 0 Å². The standard InChI is InChI=1S/C77H150O17P2/c1-5-9-13-17-21-25-29-33-36-37-40-44-48-52-56-60-64-77(82)94-73(68-88-75(80)62-58-54-50-46-42-38-34-30-26-22-18-14-10-6-2)70-92-96(85,86)90-66-71(78)65-89-95(83,84)91-69-72(67-87-74(79)61-57-53-49-45-41-32-28-24-20-16-12-8-4)93-76(81)63-59-55-51-47-43-39-35-31-27-23-19-15-11-7-3/h71-73,78H,5-70H2,1-4H3,(H,83,84)(H,85,86)/t71-,72+,73+/m0/s1. The van der Waals surface area contributed by atoms with Gasteiger partial charge in [0.15, 0.2) is 12.2 Å². The zero-order valence-corrected chi connectivity index (χ0v) is 64.1. The minimum Gasteiger partial charge on any atom is -0.462 e. The molecule has 0 heterocycles. The third-order valence-electron chi connectivity index (χ3n) is 18.1. The quantitative estimate of drug-likeness (QED) is 0.0222. The Morgan fingerprint density at radius 3 is 0.615 bits per heavy atom. The maximum atomic E-state index is 13.1. The lowest BCUT2D eigenvalue weighted by Crippen LogP contribution is -2.30. The first-order valence-electron chi connectivity index (χ1n) is 40.3. The molecular formula is C77H150O17P2. The molecule has 2 unspecified atom stereocenters. The number of ether oxygens (including phenoxy) is 4. The van der Waals surface area contributed by atoms with Gasteiger partial charge in [0.1, 0.15) is 19.3 Å². The average molecular weight is 1410 g/mol. The van der Waals surface area contributed by atoms with Gasteiger partial charge in [-0.2, -0.15) is 0 Å². The van der Waals surface area contributed by atoms with E-state index in [1.54, 1.807) is 0 Å². The van der Waals surface area contributed by atoms with Crippen molar-refractivity contribution in [3.8, 4) is 0 Å². The maximum Gasteiger partial charge on any atom is 0.472 e. The topological polar surface area (TPSA) is 237 Å². The van der Waals surface area contributed by atoms with Crippen LogP contribution >= 0.6 is 15.6 Å². The van der Waals surface area contributed by atoms with Crippen LogP contribution in [0.25, 0.3) is 0 Å². The Morgan fingerprint density at radius 1 is 0.250 bits per heavy atom. The highest BCUT2D eigenvalue weighted by Gasteiger charge is 2.30. The summed E-state index contributed by atoms with van der Waals surface area (Å²) in [6.45, 7) is 5.01. The first kappa shape index (κ1) is 94.1. The van der Waals surface area contributed by atoms with Gasteiger partial charge in [0.05, 0.1) is 26.4 Å². The van der Waals surface area contributed by atoms with Crippen LogP contribution in [0.4, 0.5) is 0 Å². The molecule has 3 N–H and O–H groups in total. The number of aliphatic hydroxyl groups is 1. The maximum absolute atomic E-state index is 13.1. The molecule has 0 saturated heterocycles. The van der Waals surface area contributed by atoms with Gasteiger partial charge in [-0.1, -0.05) is 362 Å². The fourth-order valence-electron chi connectivity index (χ4n) is 11.9. The van der Waals surface area contributed by atoms with Gasteiger partial charge < -0.3 is 33.8 Å². The predicted octanol–water partition coefficient (Wildman–Crippen LogP) is 23.0. The molecule has 0 aliphatic rings. The number of carbonyl (C=O) groups excluding carboxylic acids is 4. The van der Waals surface area contributed by atoms with Crippen molar-refractivity contribution in [2.45, 2.75) is 431 Å². The summed E-state index contributed by atoms with van der Waals surface area (Å²) < 4.78 is 68.6. The summed E-state index contributed by atoms with van der Waals surface area (Å²) in [7, 11) is -9.91. The second-order valence-electron chi connectivity index (χ2n) is 27.7. The van der Waals surface area contributed by atoms with E-state index in [-0.39, 0.29) is 25.7 Å². The molecule has 0 rings (SSSR count). The van der Waals surface area contributed by atoms with E-state index in [0.29, 0.717) is 25.7 Å². The van der Waals surface area contributed by atoms with Crippen molar-refractivity contribution >= 4 is 39.5 Å². The van der Waals surface area contributed by atoms with Gasteiger partial charge >= 0.3 is 39.5 Å². The van der Waals surface area contributed by atoms with E-state index in [9.17, 15) is 43.2 Å². The van der Waals surface area contributed by atoms with E-state index in [4.69, 9.17) is 37.0 Å². The van der Waals surface area contributed by atoms with Gasteiger partial charge in [0, 0.05) is 25.7 Å². The Kier molecular flexibility index (Phi) is 70.0. The van der Waals surface area contributed by atoms with Crippen LogP contribution in [0.15, 0.2) is 0 Å². The number of unbranched alkanes of at least 4 members (excludes halogenated alkanes) is 52. The Hall–Kier alpha value is -1.94. The van der Waals surface area contributed by atoms with E-state index in [2.05, 4.69) is 27.7 Å². The highest BCUT2D eigenvalue weighted by Crippen LogP contribution is 2.45. The van der Waals surface area contributed by atoms with E-state index >= 15 is 0 Å². The van der Waals surface area contributed by atoms with Crippen LogP contribution in [0.1, 0.15) is 413 Å². The molecule has 0 fully saturated rings. The number of hydrogen-bond donors (Lipinski definition) is 3. The van der Waals surface area contributed by atoms with Crippen LogP contribution in [0.2, 0.25) is 0 Å². The summed E-state index contributed by atoms with van der Waals surface area (Å²) in [5.74, 6) is -2.11. The number of hydrogen-bond acceptors (Lipinski definition) is 15. The molecule has 570 valence electrons. The van der Waals surface area contributed by atoms with Crippen molar-refractivity contribution in [2.75, 3.05) is 39.6 Å². The van der Waals surface area contributed by atoms with Crippen LogP contribution in [0, 0.1) is 0 Å². The molecule has 5 atom stereocenters. The SMILES string of the molecule is CCCCCCCCCCCCCCCCCCC(=O)O[C@H](COC(=O)CCCCCCCCCCCCCCCC)COP(=O)(O)OC[C@@H](O)COP(=O)(O)OC[C@@H](COC(=O)CCCCCCCCCCCCCC)OC(=O)CCCCCCCCCCCCCCCC. The average Bonchev–Trinajstić information content (AvgIpc) is 1.31. The van der Waals surface area contributed by atoms with E-state index in [0.717, 1.165) is 89.9 Å². The summed E-state index contributed by atoms with van der Waals surface area (Å²) >= 11 is 0. The van der Waals surface area contributed by atoms with Crippen LogP contribution in [0.3, 0.4) is 0 Å². The van der Waals surface area contributed by atoms with E-state index in [1.807, 2.05) is 0 Å². The van der Waals surface area contributed by atoms with Crippen molar-refractivity contribution in [2.24, 2.45) is 0 Å².